The fourth-order valence-electron chi connectivity index (χ4n) is 4.94. The summed E-state index contributed by atoms with van der Waals surface area (Å²) in [6.07, 6.45) is 15.4. The zero-order chi connectivity index (χ0) is 40.5. The van der Waals surface area contributed by atoms with Gasteiger partial charge in [-0.3, -0.25) is 4.55 Å². The Morgan fingerprint density at radius 3 is 1.26 bits per heavy atom. The van der Waals surface area contributed by atoms with Gasteiger partial charge in [-0.25, -0.2) is 8.42 Å². The lowest BCUT2D eigenvalue weighted by atomic mass is 10.1. The summed E-state index contributed by atoms with van der Waals surface area (Å²) < 4.78 is 142. The molecule has 3 rings (SSSR count). The fraction of sp³-hybridized carbons (Fsp3) is 0.514. The van der Waals surface area contributed by atoms with E-state index in [4.69, 9.17) is 14.0 Å². The van der Waals surface area contributed by atoms with Gasteiger partial charge in [0.1, 0.15) is 11.5 Å². The summed E-state index contributed by atoms with van der Waals surface area (Å²) in [6.45, 7) is 6.13. The van der Waals surface area contributed by atoms with Crippen LogP contribution in [0.4, 0.5) is 26.3 Å². The van der Waals surface area contributed by atoms with E-state index in [-0.39, 0.29) is 10.9 Å². The van der Waals surface area contributed by atoms with Crippen molar-refractivity contribution in [3.8, 4) is 11.5 Å². The Morgan fingerprint density at radius 1 is 0.556 bits per heavy atom. The maximum absolute atomic E-state index is 12.4. The molecule has 17 heteroatoms. The molecule has 0 radical (unpaired) electrons. The van der Waals surface area contributed by atoms with E-state index in [2.05, 4.69) is 92.7 Å². The van der Waals surface area contributed by atoms with Crippen molar-refractivity contribution in [2.24, 2.45) is 0 Å². The van der Waals surface area contributed by atoms with Crippen LogP contribution in [0.15, 0.2) is 93.5 Å². The molecule has 0 saturated heterocycles. The molecular weight excluding hydrogens is 783 g/mol. The average molecular weight is 831 g/mol. The van der Waals surface area contributed by atoms with Crippen molar-refractivity contribution >= 4 is 31.1 Å². The third-order valence-corrected chi connectivity index (χ3v) is 12.0. The minimum absolute atomic E-state index is 0.167. The summed E-state index contributed by atoms with van der Waals surface area (Å²) >= 11 is 0. The summed E-state index contributed by atoms with van der Waals surface area (Å²) in [5, 5.41) is -13.8. The van der Waals surface area contributed by atoms with E-state index in [0.717, 1.165) is 37.6 Å². The number of ether oxygens (including phenoxy) is 2. The van der Waals surface area contributed by atoms with Gasteiger partial charge in [-0.05, 0) is 73.5 Å². The van der Waals surface area contributed by atoms with Crippen LogP contribution in [0.5, 0.6) is 11.5 Å². The number of benzene rings is 3. The van der Waals surface area contributed by atoms with Crippen molar-refractivity contribution in [3.05, 3.63) is 78.9 Å². The molecule has 8 nitrogen and oxygen atoms in total. The van der Waals surface area contributed by atoms with Gasteiger partial charge in [-0.2, -0.15) is 34.8 Å². The highest BCUT2D eigenvalue weighted by Gasteiger charge is 2.80. The summed E-state index contributed by atoms with van der Waals surface area (Å²) in [7, 11) is -14.5. The van der Waals surface area contributed by atoms with Crippen molar-refractivity contribution in [1.29, 1.82) is 0 Å². The normalized spacial score (nSPS) is 12.6. The van der Waals surface area contributed by atoms with Crippen LogP contribution in [0.25, 0.3) is 0 Å². The monoisotopic (exact) mass is 830 g/mol. The van der Waals surface area contributed by atoms with Crippen molar-refractivity contribution < 1.29 is 61.8 Å². The quantitative estimate of drug-likeness (QED) is 0.0433. The molecule has 0 amide bonds. The first kappa shape index (κ1) is 47.2. The van der Waals surface area contributed by atoms with E-state index in [1.54, 1.807) is 0 Å². The maximum atomic E-state index is 12.4. The number of hydrogen-bond donors (Lipinski definition) is 1. The largest absolute Gasteiger partial charge is 0.743 e. The highest BCUT2D eigenvalue weighted by atomic mass is 32.2. The molecule has 0 heterocycles. The SMILES string of the molecule is CCCCCCCCOc1ccc([S+](c2ccccc2)c2ccc(OCCCCCCCC)cc2)cc1.O=S(=O)([O-])C(F)(F)C(F)(F)C(F)(F)S(=O)(=O)O. The van der Waals surface area contributed by atoms with Gasteiger partial charge in [0.25, 0.3) is 0 Å². The molecule has 0 spiro atoms. The van der Waals surface area contributed by atoms with Crippen molar-refractivity contribution in [2.45, 2.75) is 122 Å². The van der Waals surface area contributed by atoms with Crippen LogP contribution in [0.2, 0.25) is 0 Å². The van der Waals surface area contributed by atoms with Gasteiger partial charge in [0.05, 0.1) is 24.1 Å². The summed E-state index contributed by atoms with van der Waals surface area (Å²) in [5.41, 5.74) is 0. The lowest BCUT2D eigenvalue weighted by Crippen LogP contribution is -2.60. The van der Waals surface area contributed by atoms with E-state index in [1.807, 2.05) is 0 Å². The van der Waals surface area contributed by atoms with Crippen molar-refractivity contribution in [2.75, 3.05) is 13.2 Å². The summed E-state index contributed by atoms with van der Waals surface area (Å²) in [6, 6.07) is 28.3. The Balaban J connectivity index is 0.000000500. The molecule has 0 unspecified atom stereocenters. The van der Waals surface area contributed by atoms with Gasteiger partial charge in [-0.1, -0.05) is 96.3 Å². The van der Waals surface area contributed by atoms with Gasteiger partial charge in [0.2, 0.25) is 0 Å². The lowest BCUT2D eigenvalue weighted by Gasteiger charge is -2.31. The maximum Gasteiger partial charge on any atom is 0.439 e. The molecule has 54 heavy (non-hydrogen) atoms. The first-order chi connectivity index (χ1) is 25.3. The minimum Gasteiger partial charge on any atom is -0.743 e. The third kappa shape index (κ3) is 13.6. The molecule has 0 aromatic heterocycles. The molecule has 0 aliphatic rings. The zero-order valence-corrected chi connectivity index (χ0v) is 32.7. The van der Waals surface area contributed by atoms with Gasteiger partial charge >= 0.3 is 26.5 Å². The van der Waals surface area contributed by atoms with Crippen LogP contribution < -0.4 is 9.47 Å². The second-order valence-electron chi connectivity index (χ2n) is 12.3. The number of hydrogen-bond acceptors (Lipinski definition) is 7. The molecular formula is C37H48F6O8S3. The Kier molecular flexibility index (Phi) is 19.2. The third-order valence-electron chi connectivity index (χ3n) is 8.00. The van der Waals surface area contributed by atoms with Gasteiger partial charge in [0.15, 0.2) is 24.8 Å². The van der Waals surface area contributed by atoms with E-state index in [1.165, 1.54) is 78.9 Å². The van der Waals surface area contributed by atoms with Gasteiger partial charge in [0, 0.05) is 0 Å². The molecule has 1 N–H and O–H groups in total. The molecule has 0 bridgehead atoms. The summed E-state index contributed by atoms with van der Waals surface area (Å²) in [4.78, 5) is 3.93. The predicted octanol–water partition coefficient (Wildman–Crippen LogP) is 10.5. The predicted molar refractivity (Wildman–Crippen MR) is 195 cm³/mol. The van der Waals surface area contributed by atoms with Gasteiger partial charge in [-0.15, -0.1) is 0 Å². The topological polar surface area (TPSA) is 130 Å². The molecule has 304 valence electrons. The average Bonchev–Trinajstić information content (AvgIpc) is 3.12. The second-order valence-corrected chi connectivity index (χ2v) is 17.2. The fourth-order valence-corrected chi connectivity index (χ4v) is 7.96. The van der Waals surface area contributed by atoms with Crippen LogP contribution in [-0.4, -0.2) is 55.6 Å². The van der Waals surface area contributed by atoms with Crippen molar-refractivity contribution in [1.82, 2.24) is 0 Å². The number of unbranched alkanes of at least 4 members (excludes halogenated alkanes) is 10. The highest BCUT2D eigenvalue weighted by Crippen LogP contribution is 2.50. The number of rotatable bonds is 23. The number of alkyl halides is 6. The highest BCUT2D eigenvalue weighted by molar-refractivity contribution is 7.97. The van der Waals surface area contributed by atoms with Crippen LogP contribution in [0, 0.1) is 0 Å². The number of halogens is 6. The van der Waals surface area contributed by atoms with E-state index < -0.39 is 36.7 Å². The molecule has 3 aromatic rings. The molecule has 0 aliphatic heterocycles. The van der Waals surface area contributed by atoms with Gasteiger partial charge < -0.3 is 14.0 Å². The molecule has 0 saturated carbocycles. The molecule has 0 aliphatic carbocycles. The zero-order valence-electron chi connectivity index (χ0n) is 30.2. The van der Waals surface area contributed by atoms with Crippen LogP contribution >= 0.6 is 0 Å². The first-order valence-corrected chi connectivity index (χ1v) is 21.7. The van der Waals surface area contributed by atoms with Crippen molar-refractivity contribution in [3.63, 3.8) is 0 Å². The first-order valence-electron chi connectivity index (χ1n) is 17.6. The molecule has 3 aromatic carbocycles. The van der Waals surface area contributed by atoms with Crippen LogP contribution in [0.1, 0.15) is 90.9 Å². The van der Waals surface area contributed by atoms with Crippen LogP contribution in [0.3, 0.4) is 0 Å². The Morgan fingerprint density at radius 2 is 0.907 bits per heavy atom. The smallest absolute Gasteiger partial charge is 0.439 e. The summed E-state index contributed by atoms with van der Waals surface area (Å²) in [5.74, 6) is -5.21. The Labute approximate surface area is 317 Å². The van der Waals surface area contributed by atoms with Crippen LogP contribution in [-0.2, 0) is 31.1 Å². The second kappa shape index (κ2) is 21.9. The standard InChI is InChI=1S/C34H47O2S.C3H2F6O6S2/c1-3-5-7-9-11-16-28-35-30-20-24-33(25-21-30)37(32-18-14-13-15-19-32)34-26-22-31(23-27-34)36-29-17-12-10-8-6-4-2;4-1(5,2(6,7)16(10,11)12)3(8,9)17(13,14)15/h13-15,18-27H,3-12,16-17,28-29H2,1-2H3;(H,10,11,12)(H,13,14,15)/q+1;/p-1. The minimum atomic E-state index is -7.29. The molecule has 0 atom stereocenters. The van der Waals surface area contributed by atoms with E-state index in [0.29, 0.717) is 0 Å². The molecule has 0 fully saturated rings. The Bertz CT molecular complexity index is 1620. The van der Waals surface area contributed by atoms with E-state index >= 15 is 0 Å². The lowest BCUT2D eigenvalue weighted by molar-refractivity contribution is -0.247. The Hall–Kier alpha value is -2.99. The van der Waals surface area contributed by atoms with E-state index in [9.17, 15) is 47.7 Å².